The van der Waals surface area contributed by atoms with Gasteiger partial charge in [-0.05, 0) is 54.7 Å². The van der Waals surface area contributed by atoms with Gasteiger partial charge in [0.15, 0.2) is 11.0 Å². The predicted molar refractivity (Wildman–Crippen MR) is 152 cm³/mol. The Balaban J connectivity index is 1.51. The van der Waals surface area contributed by atoms with Crippen molar-refractivity contribution in [1.29, 1.82) is 0 Å². The second kappa shape index (κ2) is 12.9. The number of nitro groups is 1. The minimum Gasteiger partial charge on any atom is -0.345 e. The van der Waals surface area contributed by atoms with Crippen molar-refractivity contribution in [3.63, 3.8) is 0 Å². The van der Waals surface area contributed by atoms with Crippen LogP contribution in [0.15, 0.2) is 84.0 Å². The molecule has 1 unspecified atom stereocenters. The second-order valence-electron chi connectivity index (χ2n) is 9.95. The van der Waals surface area contributed by atoms with Crippen molar-refractivity contribution in [2.24, 2.45) is 5.92 Å². The molecule has 0 saturated heterocycles. The molecule has 1 amide bonds. The van der Waals surface area contributed by atoms with E-state index in [1.165, 1.54) is 36.0 Å². The van der Waals surface area contributed by atoms with Crippen LogP contribution in [0.4, 0.5) is 10.1 Å². The average molecular weight is 560 g/mol. The molecule has 0 aliphatic heterocycles. The van der Waals surface area contributed by atoms with E-state index in [0.29, 0.717) is 28.8 Å². The summed E-state index contributed by atoms with van der Waals surface area (Å²) in [4.78, 5) is 24.3. The van der Waals surface area contributed by atoms with Crippen molar-refractivity contribution in [2.75, 3.05) is 0 Å². The number of amides is 1. The number of nitro benzene ring substituents is 1. The molecule has 1 aliphatic carbocycles. The van der Waals surface area contributed by atoms with Gasteiger partial charge in [0.1, 0.15) is 5.82 Å². The van der Waals surface area contributed by atoms with Crippen LogP contribution in [-0.2, 0) is 17.0 Å². The molecule has 10 heteroatoms. The molecular weight excluding hydrogens is 529 g/mol. The number of thioether (sulfide) groups is 1. The van der Waals surface area contributed by atoms with E-state index in [-0.39, 0.29) is 23.3 Å². The summed E-state index contributed by atoms with van der Waals surface area (Å²) in [7, 11) is 0. The lowest BCUT2D eigenvalue weighted by Crippen LogP contribution is -2.37. The van der Waals surface area contributed by atoms with Gasteiger partial charge in [-0.25, -0.2) is 4.39 Å². The standard InChI is InChI=1S/C30H30FN5O3S/c31-24-13-11-22(12-14-24)20-40-30-34-33-28(35(30)25-15-17-26(18-16-25)36(38)39)27(19-21-7-3-1-4-8-21)32-29(37)23-9-5-2-6-10-23/h1,3-4,7-8,11-18,23,27H,2,5-6,9-10,19-20H2,(H,32,37). The number of non-ortho nitro benzene ring substituents is 1. The van der Waals surface area contributed by atoms with Crippen LogP contribution in [-0.4, -0.2) is 25.6 Å². The third-order valence-electron chi connectivity index (χ3n) is 7.15. The Morgan fingerprint density at radius 2 is 1.68 bits per heavy atom. The molecule has 1 aliphatic rings. The maximum absolute atomic E-state index is 13.4. The van der Waals surface area contributed by atoms with Gasteiger partial charge in [0.25, 0.3) is 5.69 Å². The minimum absolute atomic E-state index is 0.0133. The lowest BCUT2D eigenvalue weighted by Gasteiger charge is -2.25. The smallest absolute Gasteiger partial charge is 0.269 e. The predicted octanol–water partition coefficient (Wildman–Crippen LogP) is 6.59. The van der Waals surface area contributed by atoms with Crippen LogP contribution in [0.3, 0.4) is 0 Å². The van der Waals surface area contributed by atoms with Gasteiger partial charge in [0.05, 0.1) is 11.0 Å². The van der Waals surface area contributed by atoms with Crippen molar-refractivity contribution in [3.8, 4) is 5.69 Å². The Kier molecular flexibility index (Phi) is 8.85. The fourth-order valence-corrected chi connectivity index (χ4v) is 5.92. The zero-order valence-corrected chi connectivity index (χ0v) is 22.7. The molecule has 1 heterocycles. The fourth-order valence-electron chi connectivity index (χ4n) is 5.01. The largest absolute Gasteiger partial charge is 0.345 e. The average Bonchev–Trinajstić information content (AvgIpc) is 3.41. The Bertz CT molecular complexity index is 1440. The third-order valence-corrected chi connectivity index (χ3v) is 8.15. The molecule has 0 radical (unpaired) electrons. The summed E-state index contributed by atoms with van der Waals surface area (Å²) in [5, 5.41) is 24.2. The lowest BCUT2D eigenvalue weighted by molar-refractivity contribution is -0.384. The van der Waals surface area contributed by atoms with E-state index in [1.807, 2.05) is 34.9 Å². The summed E-state index contributed by atoms with van der Waals surface area (Å²) in [6.07, 6.45) is 5.50. The highest BCUT2D eigenvalue weighted by Crippen LogP contribution is 2.31. The first-order valence-corrected chi connectivity index (χ1v) is 14.4. The van der Waals surface area contributed by atoms with E-state index >= 15 is 0 Å². The molecule has 206 valence electrons. The number of hydrogen-bond donors (Lipinski definition) is 1. The van der Waals surface area contributed by atoms with Crippen LogP contribution in [0, 0.1) is 21.8 Å². The van der Waals surface area contributed by atoms with Gasteiger partial charge in [-0.2, -0.15) is 0 Å². The number of carbonyl (C=O) groups excluding carboxylic acids is 1. The molecule has 1 atom stereocenters. The van der Waals surface area contributed by atoms with Gasteiger partial charge >= 0.3 is 0 Å². The summed E-state index contributed by atoms with van der Waals surface area (Å²) in [5.41, 5.74) is 2.58. The van der Waals surface area contributed by atoms with Crippen LogP contribution in [0.5, 0.6) is 0 Å². The van der Waals surface area contributed by atoms with Crippen molar-refractivity contribution < 1.29 is 14.1 Å². The molecule has 5 rings (SSSR count). The minimum atomic E-state index is -0.473. The van der Waals surface area contributed by atoms with E-state index in [4.69, 9.17) is 0 Å². The summed E-state index contributed by atoms with van der Waals surface area (Å²) >= 11 is 1.42. The molecule has 1 aromatic heterocycles. The van der Waals surface area contributed by atoms with Gasteiger partial charge in [0.2, 0.25) is 5.91 Å². The number of nitrogens with zero attached hydrogens (tertiary/aromatic N) is 4. The Labute approximate surface area is 236 Å². The topological polar surface area (TPSA) is 103 Å². The van der Waals surface area contributed by atoms with Crippen LogP contribution in [0.25, 0.3) is 5.69 Å². The highest BCUT2D eigenvalue weighted by molar-refractivity contribution is 7.98. The zero-order chi connectivity index (χ0) is 27.9. The monoisotopic (exact) mass is 559 g/mol. The van der Waals surface area contributed by atoms with Crippen LogP contribution in [0.1, 0.15) is 55.1 Å². The zero-order valence-electron chi connectivity index (χ0n) is 21.9. The molecule has 1 fully saturated rings. The molecule has 40 heavy (non-hydrogen) atoms. The van der Waals surface area contributed by atoms with Crippen molar-refractivity contribution in [3.05, 3.63) is 112 Å². The maximum atomic E-state index is 13.4. The highest BCUT2D eigenvalue weighted by atomic mass is 32.2. The molecule has 8 nitrogen and oxygen atoms in total. The first kappa shape index (κ1) is 27.5. The number of nitrogens with one attached hydrogen (secondary N) is 1. The van der Waals surface area contributed by atoms with Gasteiger partial charge in [-0.1, -0.05) is 73.5 Å². The molecule has 1 N–H and O–H groups in total. The number of carbonyl (C=O) groups is 1. The van der Waals surface area contributed by atoms with E-state index in [9.17, 15) is 19.3 Å². The van der Waals surface area contributed by atoms with Crippen molar-refractivity contribution >= 4 is 23.4 Å². The highest BCUT2D eigenvalue weighted by Gasteiger charge is 2.28. The quantitative estimate of drug-likeness (QED) is 0.134. The van der Waals surface area contributed by atoms with Gasteiger partial charge in [-0.15, -0.1) is 10.2 Å². The molecule has 4 aromatic rings. The lowest BCUT2D eigenvalue weighted by atomic mass is 9.88. The summed E-state index contributed by atoms with van der Waals surface area (Å²) < 4.78 is 15.3. The van der Waals surface area contributed by atoms with Crippen LogP contribution in [0.2, 0.25) is 0 Å². The second-order valence-corrected chi connectivity index (χ2v) is 10.9. The summed E-state index contributed by atoms with van der Waals surface area (Å²) in [6.45, 7) is 0. The van der Waals surface area contributed by atoms with Gasteiger partial charge < -0.3 is 5.32 Å². The maximum Gasteiger partial charge on any atom is 0.269 e. The number of rotatable bonds is 10. The van der Waals surface area contributed by atoms with Gasteiger partial charge in [-0.3, -0.25) is 19.5 Å². The van der Waals surface area contributed by atoms with E-state index in [2.05, 4.69) is 15.5 Å². The Morgan fingerprint density at radius 1 is 0.975 bits per heavy atom. The van der Waals surface area contributed by atoms with E-state index in [1.54, 1.807) is 24.3 Å². The third kappa shape index (κ3) is 6.74. The molecule has 0 spiro atoms. The SMILES string of the molecule is O=C(NC(Cc1ccccc1)c1nnc(SCc2ccc(F)cc2)n1-c1ccc([N+](=O)[O-])cc1)C1CCCCC1. The number of benzene rings is 3. The Hall–Kier alpha value is -4.05. The molecule has 0 bridgehead atoms. The van der Waals surface area contributed by atoms with E-state index in [0.717, 1.165) is 43.2 Å². The molecular formula is C30H30FN5O3S. The number of aromatic nitrogens is 3. The normalized spacial score (nSPS) is 14.5. The van der Waals surface area contributed by atoms with Crippen LogP contribution >= 0.6 is 11.8 Å². The summed E-state index contributed by atoms with van der Waals surface area (Å²) in [6, 6.07) is 21.9. The van der Waals surface area contributed by atoms with Crippen LogP contribution < -0.4 is 5.32 Å². The first-order chi connectivity index (χ1) is 19.5. The molecule has 3 aromatic carbocycles. The van der Waals surface area contributed by atoms with Crippen molar-refractivity contribution in [1.82, 2.24) is 20.1 Å². The fraction of sp³-hybridized carbons (Fsp3) is 0.300. The number of halogens is 1. The Morgan fingerprint density at radius 3 is 2.35 bits per heavy atom. The van der Waals surface area contributed by atoms with E-state index < -0.39 is 11.0 Å². The van der Waals surface area contributed by atoms with Gasteiger partial charge in [0, 0.05) is 29.5 Å². The first-order valence-electron chi connectivity index (χ1n) is 13.4. The summed E-state index contributed by atoms with van der Waals surface area (Å²) in [5.74, 6) is 0.740. The van der Waals surface area contributed by atoms with Crippen molar-refractivity contribution in [2.45, 2.75) is 55.5 Å². The number of hydrogen-bond acceptors (Lipinski definition) is 6. The molecule has 1 saturated carbocycles.